The topological polar surface area (TPSA) is 102 Å². The number of nitrogens with one attached hydrogen (secondary N) is 1. The van der Waals surface area contributed by atoms with Gasteiger partial charge >= 0.3 is 5.97 Å². The fraction of sp³-hybridized carbons (Fsp3) is 0.600. The van der Waals surface area contributed by atoms with Gasteiger partial charge in [0.1, 0.15) is 6.04 Å². The average molecular weight is 162 g/mol. The van der Waals surface area contributed by atoms with E-state index in [-0.39, 0.29) is 6.42 Å². The van der Waals surface area contributed by atoms with E-state index in [2.05, 4.69) is 10.3 Å². The summed E-state index contributed by atoms with van der Waals surface area (Å²) < 4.78 is 0. The van der Waals surface area contributed by atoms with Crippen LogP contribution in [0, 0.1) is 0 Å². The van der Waals surface area contributed by atoms with Crippen molar-refractivity contribution in [2.75, 3.05) is 7.11 Å². The van der Waals surface area contributed by atoms with E-state index in [1.54, 1.807) is 0 Å². The number of nitrogens with two attached hydrogens (primary N) is 1. The quantitative estimate of drug-likeness (QED) is 0.425. The van der Waals surface area contributed by atoms with Gasteiger partial charge in [-0.2, -0.15) is 5.48 Å². The second-order valence-corrected chi connectivity index (χ2v) is 1.88. The Morgan fingerprint density at radius 2 is 2.27 bits per heavy atom. The molecule has 0 rings (SSSR count). The maximum absolute atomic E-state index is 10.3. The third kappa shape index (κ3) is 4.29. The number of carbonyl (C=O) groups is 2. The number of primary amides is 1. The normalized spacial score (nSPS) is 12.5. The maximum Gasteiger partial charge on any atom is 0.323 e. The van der Waals surface area contributed by atoms with Crippen LogP contribution in [0.3, 0.4) is 0 Å². The molecule has 0 heterocycles. The molecule has 0 aliphatic carbocycles. The Kier molecular flexibility index (Phi) is 4.16. The molecule has 0 saturated carbocycles. The van der Waals surface area contributed by atoms with E-state index in [0.717, 1.165) is 0 Å². The van der Waals surface area contributed by atoms with Crippen molar-refractivity contribution in [1.82, 2.24) is 5.48 Å². The van der Waals surface area contributed by atoms with Crippen LogP contribution >= 0.6 is 0 Å². The highest BCUT2D eigenvalue weighted by Gasteiger charge is 2.18. The van der Waals surface area contributed by atoms with E-state index >= 15 is 0 Å². The highest BCUT2D eigenvalue weighted by atomic mass is 16.6. The van der Waals surface area contributed by atoms with Gasteiger partial charge in [-0.05, 0) is 0 Å². The first-order valence-corrected chi connectivity index (χ1v) is 2.87. The Bertz CT molecular complexity index is 159. The van der Waals surface area contributed by atoms with Crippen molar-refractivity contribution in [3.05, 3.63) is 0 Å². The smallest absolute Gasteiger partial charge is 0.323 e. The van der Waals surface area contributed by atoms with Gasteiger partial charge in [0.05, 0.1) is 13.5 Å². The first-order valence-electron chi connectivity index (χ1n) is 2.87. The van der Waals surface area contributed by atoms with Crippen molar-refractivity contribution >= 4 is 11.9 Å². The lowest BCUT2D eigenvalue weighted by atomic mass is 10.2. The second kappa shape index (κ2) is 4.64. The molecule has 0 spiro atoms. The Morgan fingerprint density at radius 1 is 1.73 bits per heavy atom. The van der Waals surface area contributed by atoms with Crippen LogP contribution in [0.4, 0.5) is 0 Å². The van der Waals surface area contributed by atoms with Crippen LogP contribution in [0.25, 0.3) is 0 Å². The van der Waals surface area contributed by atoms with E-state index in [1.807, 2.05) is 0 Å². The number of amides is 1. The van der Waals surface area contributed by atoms with Gasteiger partial charge in [0.15, 0.2) is 0 Å². The molecule has 0 radical (unpaired) electrons. The predicted molar refractivity (Wildman–Crippen MR) is 35.4 cm³/mol. The summed E-state index contributed by atoms with van der Waals surface area (Å²) in [7, 11) is 1.26. The largest absolute Gasteiger partial charge is 0.480 e. The summed E-state index contributed by atoms with van der Waals surface area (Å²) in [4.78, 5) is 24.9. The monoisotopic (exact) mass is 162 g/mol. The number of rotatable bonds is 5. The van der Waals surface area contributed by atoms with Crippen molar-refractivity contribution < 1.29 is 19.5 Å². The van der Waals surface area contributed by atoms with Gasteiger partial charge < -0.3 is 15.7 Å². The molecule has 0 aromatic heterocycles. The van der Waals surface area contributed by atoms with Gasteiger partial charge in [0.25, 0.3) is 0 Å². The third-order valence-corrected chi connectivity index (χ3v) is 0.964. The first-order chi connectivity index (χ1) is 5.07. The zero-order valence-corrected chi connectivity index (χ0v) is 6.03. The average Bonchev–Trinajstić information content (AvgIpc) is 1.86. The zero-order valence-electron chi connectivity index (χ0n) is 6.03. The highest BCUT2D eigenvalue weighted by Crippen LogP contribution is 1.90. The van der Waals surface area contributed by atoms with Gasteiger partial charge in [-0.1, -0.05) is 0 Å². The van der Waals surface area contributed by atoms with Crippen molar-refractivity contribution in [2.45, 2.75) is 12.5 Å². The minimum atomic E-state index is -1.18. The lowest BCUT2D eigenvalue weighted by Crippen LogP contribution is -2.39. The SMILES string of the molecule is CON[C@@H](CC(N)=O)C(=O)O. The molecular weight excluding hydrogens is 152 g/mol. The number of carbonyl (C=O) groups excluding carboxylic acids is 1. The van der Waals surface area contributed by atoms with Crippen LogP contribution in [-0.4, -0.2) is 30.1 Å². The first kappa shape index (κ1) is 9.86. The number of hydrogen-bond acceptors (Lipinski definition) is 4. The van der Waals surface area contributed by atoms with Gasteiger partial charge in [0, 0.05) is 0 Å². The van der Waals surface area contributed by atoms with E-state index in [0.29, 0.717) is 0 Å². The molecule has 0 fully saturated rings. The maximum atomic E-state index is 10.3. The number of carboxylic acid groups (broad SMARTS) is 1. The fourth-order valence-corrected chi connectivity index (χ4v) is 0.523. The van der Waals surface area contributed by atoms with Crippen LogP contribution in [0.1, 0.15) is 6.42 Å². The minimum absolute atomic E-state index is 0.289. The molecule has 0 bridgehead atoms. The Labute approximate surface area is 63.3 Å². The van der Waals surface area contributed by atoms with Crippen molar-refractivity contribution in [2.24, 2.45) is 5.73 Å². The zero-order chi connectivity index (χ0) is 8.85. The molecule has 0 aromatic rings. The van der Waals surface area contributed by atoms with Crippen LogP contribution in [0.2, 0.25) is 0 Å². The van der Waals surface area contributed by atoms with Crippen molar-refractivity contribution in [3.63, 3.8) is 0 Å². The molecule has 64 valence electrons. The molecule has 0 saturated heterocycles. The van der Waals surface area contributed by atoms with Crippen molar-refractivity contribution in [3.8, 4) is 0 Å². The molecule has 11 heavy (non-hydrogen) atoms. The van der Waals surface area contributed by atoms with Crippen LogP contribution in [-0.2, 0) is 14.4 Å². The second-order valence-electron chi connectivity index (χ2n) is 1.88. The number of hydroxylamine groups is 1. The lowest BCUT2D eigenvalue weighted by molar-refractivity contribution is -0.145. The van der Waals surface area contributed by atoms with Crippen molar-refractivity contribution in [1.29, 1.82) is 0 Å². The Hall–Kier alpha value is -1.14. The number of carboxylic acids is 1. The summed E-state index contributed by atoms with van der Waals surface area (Å²) in [6, 6.07) is -1.07. The molecule has 6 nitrogen and oxygen atoms in total. The number of hydrogen-bond donors (Lipinski definition) is 3. The summed E-state index contributed by atoms with van der Waals surface area (Å²) in [6.45, 7) is 0. The summed E-state index contributed by atoms with van der Waals surface area (Å²) in [6.07, 6.45) is -0.289. The summed E-state index contributed by atoms with van der Waals surface area (Å²) in [5, 5.41) is 8.40. The lowest BCUT2D eigenvalue weighted by Gasteiger charge is -2.09. The summed E-state index contributed by atoms with van der Waals surface area (Å²) in [5.41, 5.74) is 6.88. The van der Waals surface area contributed by atoms with E-state index < -0.39 is 17.9 Å². The summed E-state index contributed by atoms with van der Waals surface area (Å²) in [5.74, 6) is -1.87. The molecule has 6 heteroatoms. The summed E-state index contributed by atoms with van der Waals surface area (Å²) >= 11 is 0. The van der Waals surface area contributed by atoms with E-state index in [4.69, 9.17) is 10.8 Å². The van der Waals surface area contributed by atoms with Gasteiger partial charge in [-0.3, -0.25) is 9.59 Å². The molecule has 4 N–H and O–H groups in total. The standard InChI is InChI=1S/C5H10N2O4/c1-11-7-3(5(9)10)2-4(6)8/h3,7H,2H2,1H3,(H2,6,8)(H,9,10)/t3-/m0/s1. The van der Waals surface area contributed by atoms with Gasteiger partial charge in [0.2, 0.25) is 5.91 Å². The molecule has 0 unspecified atom stereocenters. The van der Waals surface area contributed by atoms with Gasteiger partial charge in [-0.25, -0.2) is 0 Å². The minimum Gasteiger partial charge on any atom is -0.480 e. The number of aliphatic carboxylic acids is 1. The molecule has 0 aliphatic heterocycles. The molecule has 1 amide bonds. The molecular formula is C5H10N2O4. The third-order valence-electron chi connectivity index (χ3n) is 0.964. The molecule has 0 aromatic carbocycles. The molecule has 1 atom stereocenters. The van der Waals surface area contributed by atoms with E-state index in [9.17, 15) is 9.59 Å². The van der Waals surface area contributed by atoms with E-state index in [1.165, 1.54) is 7.11 Å². The fourth-order valence-electron chi connectivity index (χ4n) is 0.523. The Balaban J connectivity index is 3.89. The van der Waals surface area contributed by atoms with Crippen LogP contribution < -0.4 is 11.2 Å². The van der Waals surface area contributed by atoms with Crippen LogP contribution in [0.5, 0.6) is 0 Å². The highest BCUT2D eigenvalue weighted by molar-refractivity contribution is 5.83. The van der Waals surface area contributed by atoms with Gasteiger partial charge in [-0.15, -0.1) is 0 Å². The Morgan fingerprint density at radius 3 is 2.55 bits per heavy atom. The molecule has 0 aliphatic rings. The predicted octanol–water partition coefficient (Wildman–Crippen LogP) is -1.53. The van der Waals surface area contributed by atoms with Crippen LogP contribution in [0.15, 0.2) is 0 Å².